The number of nitrogens with one attached hydrogen (secondary N) is 1. The summed E-state index contributed by atoms with van der Waals surface area (Å²) in [7, 11) is 1.53. The monoisotopic (exact) mass is 507 g/mol. The fourth-order valence-corrected chi connectivity index (χ4v) is 3.15. The minimum absolute atomic E-state index is 0.0189. The molecule has 0 aromatic heterocycles. The van der Waals surface area contributed by atoms with E-state index < -0.39 is 41.1 Å². The maximum absolute atomic E-state index is 13.0. The molecule has 0 unspecified atom stereocenters. The van der Waals surface area contributed by atoms with E-state index in [1.807, 2.05) is 45.0 Å². The van der Waals surface area contributed by atoms with Gasteiger partial charge in [0, 0.05) is 26.6 Å². The quantitative estimate of drug-likeness (QED) is 0.489. The normalized spacial score (nSPS) is 13.9. The number of urea groups is 1. The van der Waals surface area contributed by atoms with Crippen molar-refractivity contribution in [3.63, 3.8) is 0 Å². The molecular formula is C27H45N3O6. The number of nitrogens with zero attached hydrogens (tertiary/aromatic N) is 1. The van der Waals surface area contributed by atoms with E-state index in [1.165, 1.54) is 11.9 Å². The number of amides is 2. The van der Waals surface area contributed by atoms with Crippen LogP contribution in [0.5, 0.6) is 5.75 Å². The first kappa shape index (κ1) is 31.2. The van der Waals surface area contributed by atoms with Gasteiger partial charge in [0.05, 0.1) is 5.92 Å². The molecule has 0 radical (unpaired) electrons. The molecule has 9 heteroatoms. The Balaban J connectivity index is 2.98. The summed E-state index contributed by atoms with van der Waals surface area (Å²) in [6, 6.07) is 5.88. The van der Waals surface area contributed by atoms with Crippen molar-refractivity contribution in [1.29, 1.82) is 0 Å². The molecule has 0 heterocycles. The molecule has 1 rings (SSSR count). The molecule has 0 saturated heterocycles. The average Bonchev–Trinajstić information content (AvgIpc) is 2.68. The minimum Gasteiger partial charge on any atom is -0.488 e. The minimum atomic E-state index is -0.939. The van der Waals surface area contributed by atoms with Crippen molar-refractivity contribution < 1.29 is 28.6 Å². The highest BCUT2D eigenvalue weighted by atomic mass is 16.6. The highest BCUT2D eigenvalue weighted by molar-refractivity contribution is 5.84. The van der Waals surface area contributed by atoms with Crippen LogP contribution in [0.25, 0.3) is 0 Å². The summed E-state index contributed by atoms with van der Waals surface area (Å²) in [5.74, 6) is -1.03. The molecule has 0 aliphatic heterocycles. The summed E-state index contributed by atoms with van der Waals surface area (Å²) in [5, 5.41) is 2.75. The lowest BCUT2D eigenvalue weighted by Crippen LogP contribution is -2.51. The van der Waals surface area contributed by atoms with Gasteiger partial charge in [0.25, 0.3) is 0 Å². The van der Waals surface area contributed by atoms with Gasteiger partial charge in [-0.3, -0.25) is 4.79 Å². The fourth-order valence-electron chi connectivity index (χ4n) is 3.15. The second-order valence-electron chi connectivity index (χ2n) is 11.9. The molecule has 3 N–H and O–H groups in total. The number of ether oxygens (including phenoxy) is 3. The Labute approximate surface area is 216 Å². The van der Waals surface area contributed by atoms with Crippen LogP contribution in [-0.2, 0) is 25.5 Å². The van der Waals surface area contributed by atoms with Crippen molar-refractivity contribution in [2.75, 3.05) is 20.1 Å². The largest absolute Gasteiger partial charge is 0.488 e. The lowest BCUT2D eigenvalue weighted by atomic mass is 10.0. The first-order valence-electron chi connectivity index (χ1n) is 12.2. The summed E-state index contributed by atoms with van der Waals surface area (Å²) in [5.41, 5.74) is 4.87. The van der Waals surface area contributed by atoms with Gasteiger partial charge in [-0.25, -0.2) is 9.59 Å². The molecule has 204 valence electrons. The van der Waals surface area contributed by atoms with Gasteiger partial charge in [-0.15, -0.1) is 0 Å². The maximum atomic E-state index is 13.0. The molecular weight excluding hydrogens is 462 g/mol. The molecule has 0 fully saturated rings. The van der Waals surface area contributed by atoms with E-state index in [1.54, 1.807) is 41.5 Å². The van der Waals surface area contributed by atoms with Crippen LogP contribution in [0.3, 0.4) is 0 Å². The topological polar surface area (TPSA) is 120 Å². The Bertz CT molecular complexity index is 879. The number of rotatable bonds is 9. The van der Waals surface area contributed by atoms with E-state index in [0.29, 0.717) is 5.75 Å². The Hall–Kier alpha value is -2.81. The zero-order chi connectivity index (χ0) is 27.9. The second kappa shape index (κ2) is 12.4. The predicted octanol–water partition coefficient (Wildman–Crippen LogP) is 3.67. The number of nitrogens with two attached hydrogens (primary N) is 1. The number of hydrogen-bond acceptors (Lipinski definition) is 7. The smallest absolute Gasteiger partial charge is 0.329 e. The van der Waals surface area contributed by atoms with Gasteiger partial charge in [-0.1, -0.05) is 12.1 Å². The van der Waals surface area contributed by atoms with Crippen LogP contribution in [0.1, 0.15) is 67.9 Å². The molecule has 2 amide bonds. The third kappa shape index (κ3) is 12.2. The van der Waals surface area contributed by atoms with Crippen molar-refractivity contribution in [3.8, 4) is 5.75 Å². The third-order valence-corrected chi connectivity index (χ3v) is 4.64. The van der Waals surface area contributed by atoms with E-state index in [-0.39, 0.29) is 25.1 Å². The lowest BCUT2D eigenvalue weighted by Gasteiger charge is -2.29. The van der Waals surface area contributed by atoms with Gasteiger partial charge in [-0.05, 0) is 80.0 Å². The first-order valence-corrected chi connectivity index (χ1v) is 12.2. The van der Waals surface area contributed by atoms with Crippen molar-refractivity contribution >= 4 is 18.0 Å². The molecule has 0 aliphatic rings. The summed E-state index contributed by atoms with van der Waals surface area (Å²) in [6.45, 7) is 16.5. The average molecular weight is 508 g/mol. The highest BCUT2D eigenvalue weighted by Gasteiger charge is 2.30. The molecule has 1 aromatic rings. The third-order valence-electron chi connectivity index (χ3n) is 4.64. The Morgan fingerprint density at radius 1 is 0.861 bits per heavy atom. The zero-order valence-corrected chi connectivity index (χ0v) is 23.6. The molecule has 1 aromatic carbocycles. The Morgan fingerprint density at radius 3 is 1.81 bits per heavy atom. The van der Waals surface area contributed by atoms with Gasteiger partial charge in [0.1, 0.15) is 28.6 Å². The van der Waals surface area contributed by atoms with Gasteiger partial charge >= 0.3 is 18.0 Å². The lowest BCUT2D eigenvalue weighted by molar-refractivity contribution is -0.160. The summed E-state index contributed by atoms with van der Waals surface area (Å²) in [4.78, 5) is 39.7. The molecule has 9 nitrogen and oxygen atoms in total. The van der Waals surface area contributed by atoms with Crippen LogP contribution in [0, 0.1) is 5.92 Å². The number of hydrogen-bond donors (Lipinski definition) is 2. The predicted molar refractivity (Wildman–Crippen MR) is 140 cm³/mol. The van der Waals surface area contributed by atoms with Crippen LogP contribution in [0.2, 0.25) is 0 Å². The first-order chi connectivity index (χ1) is 16.3. The molecule has 36 heavy (non-hydrogen) atoms. The van der Waals surface area contributed by atoms with Crippen LogP contribution < -0.4 is 15.8 Å². The van der Waals surface area contributed by atoms with Gasteiger partial charge < -0.3 is 30.2 Å². The standard InChI is InChI=1S/C27H45N3O6/c1-25(2,3)34-20-13-11-18(12-14-20)15-21(23(32)36-27(7,8)9)29-24(33)30(10)17-19(16-28)22(31)35-26(4,5)6/h11-14,19,21H,15-17,28H2,1-10H3,(H,29,33)/t19-,21+/m1/s1. The maximum Gasteiger partial charge on any atom is 0.329 e. The van der Waals surface area contributed by atoms with Gasteiger partial charge in [0.15, 0.2) is 0 Å². The molecule has 0 saturated carbocycles. The number of carbonyl (C=O) groups excluding carboxylic acids is 3. The zero-order valence-electron chi connectivity index (χ0n) is 23.6. The van der Waals surface area contributed by atoms with Crippen LogP contribution in [-0.4, -0.2) is 65.9 Å². The van der Waals surface area contributed by atoms with Crippen molar-refractivity contribution in [3.05, 3.63) is 29.8 Å². The van der Waals surface area contributed by atoms with Gasteiger partial charge in [-0.2, -0.15) is 0 Å². The summed E-state index contributed by atoms with van der Waals surface area (Å²) < 4.78 is 16.8. The van der Waals surface area contributed by atoms with Crippen LogP contribution in [0.15, 0.2) is 24.3 Å². The SMILES string of the molecule is CN(C[C@@H](CN)C(=O)OC(C)(C)C)C(=O)N[C@@H](Cc1ccc(OC(C)(C)C)cc1)C(=O)OC(C)(C)C. The highest BCUT2D eigenvalue weighted by Crippen LogP contribution is 2.20. The second-order valence-corrected chi connectivity index (χ2v) is 11.9. The number of esters is 2. The molecule has 0 spiro atoms. The van der Waals surface area contributed by atoms with Gasteiger partial charge in [0.2, 0.25) is 0 Å². The summed E-state index contributed by atoms with van der Waals surface area (Å²) >= 11 is 0. The summed E-state index contributed by atoms with van der Waals surface area (Å²) in [6.07, 6.45) is 0.219. The fraction of sp³-hybridized carbons (Fsp3) is 0.667. The van der Waals surface area contributed by atoms with Crippen molar-refractivity contribution in [2.45, 2.75) is 91.6 Å². The number of benzene rings is 1. The number of carbonyl (C=O) groups is 3. The van der Waals surface area contributed by atoms with E-state index in [0.717, 1.165) is 5.56 Å². The molecule has 0 aliphatic carbocycles. The van der Waals surface area contributed by atoms with E-state index in [2.05, 4.69) is 5.32 Å². The van der Waals surface area contributed by atoms with E-state index in [4.69, 9.17) is 19.9 Å². The van der Waals surface area contributed by atoms with Crippen molar-refractivity contribution in [1.82, 2.24) is 10.2 Å². The van der Waals surface area contributed by atoms with E-state index >= 15 is 0 Å². The Kier molecular flexibility index (Phi) is 10.8. The van der Waals surface area contributed by atoms with Crippen LogP contribution in [0.4, 0.5) is 4.79 Å². The Morgan fingerprint density at radius 2 is 1.36 bits per heavy atom. The van der Waals surface area contributed by atoms with Crippen LogP contribution >= 0.6 is 0 Å². The van der Waals surface area contributed by atoms with E-state index in [9.17, 15) is 14.4 Å². The molecule has 0 bridgehead atoms. The van der Waals surface area contributed by atoms with Crippen molar-refractivity contribution in [2.24, 2.45) is 11.7 Å². The molecule has 2 atom stereocenters.